The van der Waals surface area contributed by atoms with Gasteiger partial charge in [0.05, 0.1) is 12.0 Å². The number of rotatable bonds is 2. The van der Waals surface area contributed by atoms with Crippen LogP contribution in [0.1, 0.15) is 32.6 Å². The van der Waals surface area contributed by atoms with Crippen molar-refractivity contribution in [2.24, 2.45) is 11.3 Å². The number of carboxylic acids is 1. The number of carbonyl (C=O) groups is 1. The van der Waals surface area contributed by atoms with Gasteiger partial charge in [0.1, 0.15) is 0 Å². The lowest BCUT2D eigenvalue weighted by Crippen LogP contribution is -2.30. The van der Waals surface area contributed by atoms with E-state index in [1.165, 1.54) is 6.42 Å². The Morgan fingerprint density at radius 2 is 2.31 bits per heavy atom. The molecule has 2 aliphatic rings. The fourth-order valence-corrected chi connectivity index (χ4v) is 2.37. The Balaban J connectivity index is 1.97. The van der Waals surface area contributed by atoms with Crippen molar-refractivity contribution in [3.63, 3.8) is 0 Å². The predicted octanol–water partition coefficient (Wildman–Crippen LogP) is 1.67. The van der Waals surface area contributed by atoms with Crippen molar-refractivity contribution < 1.29 is 14.6 Å². The van der Waals surface area contributed by atoms with Gasteiger partial charge >= 0.3 is 5.97 Å². The standard InChI is InChI=1S/C10H16O3/c1-10(6-7(10)9(11)12)8-4-2-3-5-13-8/h7-8H,2-6H2,1H3,(H,11,12). The molecule has 1 saturated carbocycles. The zero-order valence-electron chi connectivity index (χ0n) is 7.95. The minimum absolute atomic E-state index is 0.0632. The summed E-state index contributed by atoms with van der Waals surface area (Å²) in [5.74, 6) is -0.813. The first-order valence-corrected chi connectivity index (χ1v) is 4.99. The molecule has 1 saturated heterocycles. The first-order valence-electron chi connectivity index (χ1n) is 4.99. The normalized spacial score (nSPS) is 44.4. The van der Waals surface area contributed by atoms with Gasteiger partial charge in [-0.15, -0.1) is 0 Å². The molecular formula is C10H16O3. The maximum Gasteiger partial charge on any atom is 0.307 e. The third-order valence-corrected chi connectivity index (χ3v) is 3.49. The van der Waals surface area contributed by atoms with Crippen LogP contribution in [0.4, 0.5) is 0 Å². The molecule has 1 heterocycles. The minimum atomic E-state index is -0.656. The second-order valence-electron chi connectivity index (χ2n) is 4.46. The molecule has 0 radical (unpaired) electrons. The minimum Gasteiger partial charge on any atom is -0.481 e. The summed E-state index contributed by atoms with van der Waals surface area (Å²) in [5.41, 5.74) is -0.0632. The van der Waals surface area contributed by atoms with Gasteiger partial charge in [-0.05, 0) is 25.7 Å². The van der Waals surface area contributed by atoms with E-state index < -0.39 is 5.97 Å². The Labute approximate surface area is 78.1 Å². The summed E-state index contributed by atoms with van der Waals surface area (Å²) >= 11 is 0. The monoisotopic (exact) mass is 184 g/mol. The molecular weight excluding hydrogens is 168 g/mol. The van der Waals surface area contributed by atoms with Gasteiger partial charge in [0.25, 0.3) is 0 Å². The van der Waals surface area contributed by atoms with Crippen LogP contribution in [0, 0.1) is 11.3 Å². The van der Waals surface area contributed by atoms with Crippen LogP contribution in [-0.2, 0) is 9.53 Å². The molecule has 1 aliphatic carbocycles. The molecule has 0 bridgehead atoms. The SMILES string of the molecule is CC1(C2CCCCO2)CC1C(=O)O. The van der Waals surface area contributed by atoms with Crippen molar-refractivity contribution in [3.8, 4) is 0 Å². The second-order valence-corrected chi connectivity index (χ2v) is 4.46. The highest BCUT2D eigenvalue weighted by atomic mass is 16.5. The molecule has 74 valence electrons. The van der Waals surface area contributed by atoms with Crippen molar-refractivity contribution in [2.75, 3.05) is 6.61 Å². The van der Waals surface area contributed by atoms with Gasteiger partial charge < -0.3 is 9.84 Å². The number of ether oxygens (including phenoxy) is 1. The van der Waals surface area contributed by atoms with Crippen LogP contribution in [0.3, 0.4) is 0 Å². The van der Waals surface area contributed by atoms with E-state index in [-0.39, 0.29) is 17.4 Å². The third kappa shape index (κ3) is 1.46. The van der Waals surface area contributed by atoms with Crippen LogP contribution in [0.5, 0.6) is 0 Å². The first kappa shape index (κ1) is 9.00. The van der Waals surface area contributed by atoms with Crippen molar-refractivity contribution in [1.82, 2.24) is 0 Å². The van der Waals surface area contributed by atoms with Crippen molar-refractivity contribution in [2.45, 2.75) is 38.7 Å². The highest BCUT2D eigenvalue weighted by Gasteiger charge is 2.59. The van der Waals surface area contributed by atoms with Crippen LogP contribution < -0.4 is 0 Å². The van der Waals surface area contributed by atoms with Crippen LogP contribution in [0.25, 0.3) is 0 Å². The highest BCUT2D eigenvalue weighted by Crippen LogP contribution is 2.57. The van der Waals surface area contributed by atoms with E-state index in [2.05, 4.69) is 0 Å². The Kier molecular flexibility index (Phi) is 2.06. The Bertz CT molecular complexity index is 220. The van der Waals surface area contributed by atoms with Crippen molar-refractivity contribution in [3.05, 3.63) is 0 Å². The molecule has 2 fully saturated rings. The summed E-state index contributed by atoms with van der Waals surface area (Å²) in [6.45, 7) is 2.86. The summed E-state index contributed by atoms with van der Waals surface area (Å²) in [6, 6.07) is 0. The summed E-state index contributed by atoms with van der Waals surface area (Å²) in [7, 11) is 0. The topological polar surface area (TPSA) is 46.5 Å². The summed E-state index contributed by atoms with van der Waals surface area (Å²) in [5, 5.41) is 8.86. The Morgan fingerprint density at radius 3 is 2.77 bits per heavy atom. The van der Waals surface area contributed by atoms with E-state index >= 15 is 0 Å². The smallest absolute Gasteiger partial charge is 0.307 e. The molecule has 3 unspecified atom stereocenters. The summed E-state index contributed by atoms with van der Waals surface area (Å²) in [6.07, 6.45) is 4.35. The number of hydrogen-bond acceptors (Lipinski definition) is 2. The van der Waals surface area contributed by atoms with Crippen LogP contribution in [0.15, 0.2) is 0 Å². The summed E-state index contributed by atoms with van der Waals surface area (Å²) < 4.78 is 5.62. The lowest BCUT2D eigenvalue weighted by molar-refractivity contribution is -0.140. The van der Waals surface area contributed by atoms with Gasteiger partial charge in [-0.3, -0.25) is 4.79 Å². The maximum absolute atomic E-state index is 10.8. The van der Waals surface area contributed by atoms with E-state index in [0.29, 0.717) is 0 Å². The van der Waals surface area contributed by atoms with Crippen molar-refractivity contribution >= 4 is 5.97 Å². The van der Waals surface area contributed by atoms with Gasteiger partial charge in [0, 0.05) is 12.0 Å². The Hall–Kier alpha value is -0.570. The molecule has 3 atom stereocenters. The highest BCUT2D eigenvalue weighted by molar-refractivity contribution is 5.74. The lowest BCUT2D eigenvalue weighted by atomic mass is 9.92. The van der Waals surface area contributed by atoms with E-state index in [4.69, 9.17) is 9.84 Å². The predicted molar refractivity (Wildman–Crippen MR) is 47.4 cm³/mol. The van der Waals surface area contributed by atoms with Gasteiger partial charge in [0.2, 0.25) is 0 Å². The van der Waals surface area contributed by atoms with E-state index in [1.54, 1.807) is 0 Å². The lowest BCUT2D eigenvalue weighted by Gasteiger charge is -2.28. The van der Waals surface area contributed by atoms with Crippen LogP contribution in [-0.4, -0.2) is 23.8 Å². The van der Waals surface area contributed by atoms with E-state index in [1.807, 2.05) is 6.92 Å². The van der Waals surface area contributed by atoms with E-state index in [0.717, 1.165) is 25.9 Å². The van der Waals surface area contributed by atoms with Gasteiger partial charge in [-0.25, -0.2) is 0 Å². The zero-order chi connectivity index (χ0) is 9.47. The van der Waals surface area contributed by atoms with Crippen molar-refractivity contribution in [1.29, 1.82) is 0 Å². The molecule has 1 N–H and O–H groups in total. The number of aliphatic carboxylic acids is 1. The molecule has 2 rings (SSSR count). The fraction of sp³-hybridized carbons (Fsp3) is 0.900. The number of hydrogen-bond donors (Lipinski definition) is 1. The second kappa shape index (κ2) is 2.98. The molecule has 0 aromatic rings. The molecule has 3 nitrogen and oxygen atoms in total. The third-order valence-electron chi connectivity index (χ3n) is 3.49. The van der Waals surface area contributed by atoms with Gasteiger partial charge in [0.15, 0.2) is 0 Å². The van der Waals surface area contributed by atoms with E-state index in [9.17, 15) is 4.79 Å². The molecule has 0 aromatic carbocycles. The molecule has 1 aliphatic heterocycles. The number of carboxylic acid groups (broad SMARTS) is 1. The van der Waals surface area contributed by atoms with Gasteiger partial charge in [-0.2, -0.15) is 0 Å². The molecule has 0 amide bonds. The Morgan fingerprint density at radius 1 is 1.54 bits per heavy atom. The maximum atomic E-state index is 10.8. The zero-order valence-corrected chi connectivity index (χ0v) is 7.95. The first-order chi connectivity index (χ1) is 6.14. The average molecular weight is 184 g/mol. The quantitative estimate of drug-likeness (QED) is 0.710. The largest absolute Gasteiger partial charge is 0.481 e. The molecule has 0 aromatic heterocycles. The molecule has 3 heteroatoms. The van der Waals surface area contributed by atoms with Gasteiger partial charge in [-0.1, -0.05) is 6.92 Å². The van der Waals surface area contributed by atoms with Crippen LogP contribution in [0.2, 0.25) is 0 Å². The molecule has 0 spiro atoms. The summed E-state index contributed by atoms with van der Waals surface area (Å²) in [4.78, 5) is 10.8. The van der Waals surface area contributed by atoms with Crippen LogP contribution >= 0.6 is 0 Å². The fourth-order valence-electron chi connectivity index (χ4n) is 2.37. The molecule has 13 heavy (non-hydrogen) atoms. The average Bonchev–Trinajstić information content (AvgIpc) is 2.82.